The lowest BCUT2D eigenvalue weighted by Gasteiger charge is -2.18. The maximum atomic E-state index is 14.2. The van der Waals surface area contributed by atoms with Crippen molar-refractivity contribution in [3.05, 3.63) is 58.4 Å². The Morgan fingerprint density at radius 3 is 2.63 bits per heavy atom. The average molecular weight is 380 g/mol. The molecule has 7 heteroatoms. The maximum absolute atomic E-state index is 14.2. The summed E-state index contributed by atoms with van der Waals surface area (Å²) in [6.45, 7) is 3.56. The van der Waals surface area contributed by atoms with Gasteiger partial charge in [0.05, 0.1) is 0 Å². The Hall–Kier alpha value is -2.70. The molecule has 0 unspecified atom stereocenters. The standard InChI is InChI=1S/C20H19F3O4/c1-20(2)9-12-7-14(21)8-13(19(12)27-20)10-26-15-5-3-11(4-6-16(24)25)17(22)18(15)23/h3,5,7-8H,4,6,9-10H2,1-2H3,(H,24,25). The summed E-state index contributed by atoms with van der Waals surface area (Å²) in [5.74, 6) is -3.73. The van der Waals surface area contributed by atoms with E-state index in [0.29, 0.717) is 23.3 Å². The van der Waals surface area contributed by atoms with Crippen LogP contribution in [-0.2, 0) is 24.2 Å². The molecular formula is C20H19F3O4. The summed E-state index contributed by atoms with van der Waals surface area (Å²) in [6, 6.07) is 5.16. The molecule has 0 saturated carbocycles. The third-order valence-electron chi connectivity index (χ3n) is 4.32. The van der Waals surface area contributed by atoms with Gasteiger partial charge in [0.15, 0.2) is 11.6 Å². The minimum Gasteiger partial charge on any atom is -0.487 e. The van der Waals surface area contributed by atoms with E-state index in [4.69, 9.17) is 14.6 Å². The summed E-state index contributed by atoms with van der Waals surface area (Å²) in [7, 11) is 0. The summed E-state index contributed by atoms with van der Waals surface area (Å²) in [5.41, 5.74) is 0.590. The molecule has 0 saturated heterocycles. The van der Waals surface area contributed by atoms with Gasteiger partial charge in [-0.15, -0.1) is 0 Å². The van der Waals surface area contributed by atoms with E-state index in [9.17, 15) is 18.0 Å². The molecule has 3 rings (SSSR count). The molecule has 0 spiro atoms. The Balaban J connectivity index is 1.79. The first-order chi connectivity index (χ1) is 12.7. The smallest absolute Gasteiger partial charge is 0.303 e. The van der Waals surface area contributed by atoms with E-state index in [1.807, 2.05) is 13.8 Å². The molecule has 2 aromatic carbocycles. The normalized spacial score (nSPS) is 14.6. The zero-order valence-corrected chi connectivity index (χ0v) is 14.9. The van der Waals surface area contributed by atoms with E-state index in [0.717, 1.165) is 0 Å². The highest BCUT2D eigenvalue weighted by Gasteiger charge is 2.32. The lowest BCUT2D eigenvalue weighted by molar-refractivity contribution is -0.136. The highest BCUT2D eigenvalue weighted by molar-refractivity contribution is 5.67. The van der Waals surface area contributed by atoms with Gasteiger partial charge >= 0.3 is 5.97 Å². The number of benzene rings is 2. The van der Waals surface area contributed by atoms with Crippen LogP contribution in [0.4, 0.5) is 13.2 Å². The third-order valence-corrected chi connectivity index (χ3v) is 4.32. The van der Waals surface area contributed by atoms with Crippen LogP contribution < -0.4 is 9.47 Å². The number of ether oxygens (including phenoxy) is 2. The molecule has 1 heterocycles. The number of halogens is 3. The van der Waals surface area contributed by atoms with Crippen LogP contribution in [0.15, 0.2) is 24.3 Å². The van der Waals surface area contributed by atoms with E-state index in [1.54, 1.807) is 0 Å². The largest absolute Gasteiger partial charge is 0.487 e. The van der Waals surface area contributed by atoms with Crippen LogP contribution in [0, 0.1) is 17.5 Å². The fourth-order valence-electron chi connectivity index (χ4n) is 3.13. The zero-order chi connectivity index (χ0) is 19.8. The molecule has 0 fully saturated rings. The second-order valence-electron chi connectivity index (χ2n) is 7.12. The van der Waals surface area contributed by atoms with Crippen LogP contribution >= 0.6 is 0 Å². The molecule has 0 amide bonds. The van der Waals surface area contributed by atoms with Crippen molar-refractivity contribution < 1.29 is 32.5 Å². The van der Waals surface area contributed by atoms with Crippen LogP contribution in [0.25, 0.3) is 0 Å². The second kappa shape index (κ2) is 7.13. The molecule has 1 N–H and O–H groups in total. The Bertz CT molecular complexity index is 893. The van der Waals surface area contributed by atoms with Gasteiger partial charge in [0, 0.05) is 24.0 Å². The predicted molar refractivity (Wildman–Crippen MR) is 91.5 cm³/mol. The van der Waals surface area contributed by atoms with Crippen molar-refractivity contribution in [3.63, 3.8) is 0 Å². The minimum absolute atomic E-state index is 0.0426. The van der Waals surface area contributed by atoms with Crippen molar-refractivity contribution in [1.29, 1.82) is 0 Å². The van der Waals surface area contributed by atoms with Crippen molar-refractivity contribution in [1.82, 2.24) is 0 Å². The monoisotopic (exact) mass is 380 g/mol. The number of hydrogen-bond acceptors (Lipinski definition) is 3. The van der Waals surface area contributed by atoms with Gasteiger partial charge in [-0.3, -0.25) is 4.79 Å². The van der Waals surface area contributed by atoms with E-state index >= 15 is 0 Å². The lowest BCUT2D eigenvalue weighted by atomic mass is 10.0. The van der Waals surface area contributed by atoms with Crippen LogP contribution in [0.1, 0.15) is 37.0 Å². The average Bonchev–Trinajstić information content (AvgIpc) is 2.88. The molecule has 0 aliphatic carbocycles. The first-order valence-electron chi connectivity index (χ1n) is 8.48. The number of aliphatic carboxylic acids is 1. The third kappa shape index (κ3) is 4.18. The first-order valence-corrected chi connectivity index (χ1v) is 8.48. The fraction of sp³-hybridized carbons (Fsp3) is 0.350. The number of carboxylic acid groups (broad SMARTS) is 1. The Morgan fingerprint density at radius 2 is 1.93 bits per heavy atom. The number of fused-ring (bicyclic) bond motifs is 1. The topological polar surface area (TPSA) is 55.8 Å². The number of hydrogen-bond donors (Lipinski definition) is 1. The van der Waals surface area contributed by atoms with Gasteiger partial charge in [0.2, 0.25) is 5.82 Å². The van der Waals surface area contributed by atoms with E-state index in [1.165, 1.54) is 24.3 Å². The molecule has 0 bridgehead atoms. The van der Waals surface area contributed by atoms with Gasteiger partial charge in [-0.2, -0.15) is 4.39 Å². The SMILES string of the molecule is CC1(C)Cc2cc(F)cc(COc3ccc(CCC(=O)O)c(F)c3F)c2O1. The van der Waals surface area contributed by atoms with Crippen molar-refractivity contribution in [2.24, 2.45) is 0 Å². The van der Waals surface area contributed by atoms with Gasteiger partial charge in [-0.1, -0.05) is 6.07 Å². The van der Waals surface area contributed by atoms with Crippen molar-refractivity contribution in [2.75, 3.05) is 0 Å². The Morgan fingerprint density at radius 1 is 1.19 bits per heavy atom. The molecule has 1 aliphatic heterocycles. The fourth-order valence-corrected chi connectivity index (χ4v) is 3.13. The quantitative estimate of drug-likeness (QED) is 0.806. The lowest BCUT2D eigenvalue weighted by Crippen LogP contribution is -2.25. The molecule has 0 atom stereocenters. The molecular weight excluding hydrogens is 361 g/mol. The number of rotatable bonds is 6. The highest BCUT2D eigenvalue weighted by atomic mass is 19.2. The van der Waals surface area contributed by atoms with Gasteiger partial charge in [0.1, 0.15) is 23.8 Å². The molecule has 144 valence electrons. The van der Waals surface area contributed by atoms with Crippen LogP contribution in [0.5, 0.6) is 11.5 Å². The van der Waals surface area contributed by atoms with Crippen molar-refractivity contribution in [3.8, 4) is 11.5 Å². The van der Waals surface area contributed by atoms with E-state index < -0.39 is 29.0 Å². The highest BCUT2D eigenvalue weighted by Crippen LogP contribution is 2.39. The molecule has 1 aliphatic rings. The second-order valence-corrected chi connectivity index (χ2v) is 7.12. The van der Waals surface area contributed by atoms with E-state index in [2.05, 4.69) is 0 Å². The Labute approximate surface area is 154 Å². The number of aryl methyl sites for hydroxylation is 1. The van der Waals surface area contributed by atoms with Gasteiger partial charge in [-0.05, 0) is 44.0 Å². The first kappa shape index (κ1) is 19.1. The summed E-state index contributed by atoms with van der Waals surface area (Å²) < 4.78 is 53.3. The molecule has 0 aromatic heterocycles. The van der Waals surface area contributed by atoms with Gasteiger partial charge in [0.25, 0.3) is 0 Å². The van der Waals surface area contributed by atoms with E-state index in [-0.39, 0.29) is 30.8 Å². The molecule has 4 nitrogen and oxygen atoms in total. The van der Waals surface area contributed by atoms with Gasteiger partial charge in [-0.25, -0.2) is 8.78 Å². The summed E-state index contributed by atoms with van der Waals surface area (Å²) in [5, 5.41) is 8.65. The molecule has 0 radical (unpaired) electrons. The van der Waals surface area contributed by atoms with Crippen molar-refractivity contribution in [2.45, 2.75) is 45.3 Å². The number of carboxylic acids is 1. The van der Waals surface area contributed by atoms with Crippen LogP contribution in [0.2, 0.25) is 0 Å². The van der Waals surface area contributed by atoms with Crippen molar-refractivity contribution >= 4 is 5.97 Å². The van der Waals surface area contributed by atoms with Crippen LogP contribution in [0.3, 0.4) is 0 Å². The Kier molecular flexibility index (Phi) is 5.04. The van der Waals surface area contributed by atoms with Crippen LogP contribution in [-0.4, -0.2) is 16.7 Å². The summed E-state index contributed by atoms with van der Waals surface area (Å²) >= 11 is 0. The maximum Gasteiger partial charge on any atom is 0.303 e. The number of carbonyl (C=O) groups is 1. The summed E-state index contributed by atoms with van der Waals surface area (Å²) in [4.78, 5) is 10.6. The zero-order valence-electron chi connectivity index (χ0n) is 14.9. The summed E-state index contributed by atoms with van der Waals surface area (Å²) in [6.07, 6.45) is 0.103. The molecule has 27 heavy (non-hydrogen) atoms. The predicted octanol–water partition coefficient (Wildman–Crippen LogP) is 4.41. The minimum atomic E-state index is -1.20. The van der Waals surface area contributed by atoms with Gasteiger partial charge < -0.3 is 14.6 Å². The molecule has 2 aromatic rings.